The number of anilines is 2. The van der Waals surface area contributed by atoms with Gasteiger partial charge in [0.25, 0.3) is 17.7 Å². The maximum Gasteiger partial charge on any atom is 0.279 e. The fourth-order valence-electron chi connectivity index (χ4n) is 3.86. The Hall–Kier alpha value is -3.76. The first kappa shape index (κ1) is 27.8. The second-order valence-electron chi connectivity index (χ2n) is 8.31. The Bertz CT molecular complexity index is 1240. The third-order valence-corrected chi connectivity index (χ3v) is 6.26. The van der Waals surface area contributed by atoms with Crippen molar-refractivity contribution in [3.63, 3.8) is 0 Å². The molecule has 37 heavy (non-hydrogen) atoms. The summed E-state index contributed by atoms with van der Waals surface area (Å²) in [6.07, 6.45) is 2.85. The van der Waals surface area contributed by atoms with Gasteiger partial charge in [0, 0.05) is 17.9 Å². The van der Waals surface area contributed by atoms with Crippen molar-refractivity contribution in [3.05, 3.63) is 76.6 Å². The number of rotatable bonds is 12. The molecule has 3 amide bonds. The van der Waals surface area contributed by atoms with Gasteiger partial charge in [0.2, 0.25) is 0 Å². The summed E-state index contributed by atoms with van der Waals surface area (Å²) in [5.41, 5.74) is 6.44. The van der Waals surface area contributed by atoms with Crippen LogP contribution in [0.1, 0.15) is 58.0 Å². The van der Waals surface area contributed by atoms with Gasteiger partial charge in [-0.2, -0.15) is 0 Å². The van der Waals surface area contributed by atoms with E-state index in [0.717, 1.165) is 44.6 Å². The Morgan fingerprint density at radius 2 is 1.73 bits per heavy atom. The average Bonchev–Trinajstić information content (AvgIpc) is 3.37. The van der Waals surface area contributed by atoms with Crippen LogP contribution in [0.5, 0.6) is 0 Å². The number of halogens is 2. The van der Waals surface area contributed by atoms with Gasteiger partial charge in [0.15, 0.2) is 5.69 Å². The van der Waals surface area contributed by atoms with Crippen LogP contribution in [0.15, 0.2) is 48.8 Å². The standard InChI is InChI=1S/C26H30ClFN6O3/c1-3-33(4-2)13-5-6-14-34(26(37)23-22(24(29)35)30-16-31-23)19-10-8-18(9-11-19)32-25(36)20-12-7-17(28)15-21(20)27/h7-12,15-16H,3-6,13-14H2,1-2H3,(H2,29,35)(H,30,31)(H,32,36). The maximum absolute atomic E-state index is 13.4. The number of hydrogen-bond acceptors (Lipinski definition) is 5. The lowest BCUT2D eigenvalue weighted by Gasteiger charge is -2.24. The molecule has 0 saturated carbocycles. The summed E-state index contributed by atoms with van der Waals surface area (Å²) in [6.45, 7) is 7.40. The predicted octanol–water partition coefficient (Wildman–Crippen LogP) is 4.32. The number of hydrogen-bond donors (Lipinski definition) is 3. The summed E-state index contributed by atoms with van der Waals surface area (Å²) in [4.78, 5) is 48.2. The minimum absolute atomic E-state index is 0.000128. The summed E-state index contributed by atoms with van der Waals surface area (Å²) in [5, 5.41) is 2.71. The molecule has 4 N–H and O–H groups in total. The highest BCUT2D eigenvalue weighted by molar-refractivity contribution is 6.34. The van der Waals surface area contributed by atoms with Gasteiger partial charge in [0.1, 0.15) is 11.5 Å². The van der Waals surface area contributed by atoms with E-state index in [1.54, 1.807) is 24.3 Å². The highest BCUT2D eigenvalue weighted by Gasteiger charge is 2.25. The molecular formula is C26H30ClFN6O3. The van der Waals surface area contributed by atoms with Crippen LogP contribution in [0, 0.1) is 5.82 Å². The number of aromatic nitrogens is 2. The van der Waals surface area contributed by atoms with Crippen LogP contribution in [0.25, 0.3) is 0 Å². The third kappa shape index (κ3) is 7.14. The van der Waals surface area contributed by atoms with Gasteiger partial charge in [-0.1, -0.05) is 25.4 Å². The molecule has 1 aromatic heterocycles. The summed E-state index contributed by atoms with van der Waals surface area (Å²) in [7, 11) is 0. The van der Waals surface area contributed by atoms with E-state index in [-0.39, 0.29) is 22.0 Å². The van der Waals surface area contributed by atoms with Gasteiger partial charge in [-0.15, -0.1) is 0 Å². The molecule has 2 aromatic carbocycles. The molecule has 3 aromatic rings. The summed E-state index contributed by atoms with van der Waals surface area (Å²) < 4.78 is 13.3. The van der Waals surface area contributed by atoms with Gasteiger partial charge in [-0.25, -0.2) is 9.37 Å². The zero-order valence-corrected chi connectivity index (χ0v) is 21.5. The van der Waals surface area contributed by atoms with Crippen molar-refractivity contribution in [1.29, 1.82) is 0 Å². The Kier molecular flexibility index (Phi) is 9.76. The number of carbonyl (C=O) groups excluding carboxylic acids is 3. The van der Waals surface area contributed by atoms with E-state index < -0.39 is 23.5 Å². The number of nitrogens with two attached hydrogens (primary N) is 1. The van der Waals surface area contributed by atoms with Crippen molar-refractivity contribution in [3.8, 4) is 0 Å². The topological polar surface area (TPSA) is 124 Å². The van der Waals surface area contributed by atoms with Crippen LogP contribution in [0.3, 0.4) is 0 Å². The van der Waals surface area contributed by atoms with Gasteiger partial charge in [0.05, 0.1) is 16.9 Å². The smallest absolute Gasteiger partial charge is 0.279 e. The predicted molar refractivity (Wildman–Crippen MR) is 142 cm³/mol. The van der Waals surface area contributed by atoms with E-state index in [1.807, 2.05) is 0 Å². The molecule has 3 rings (SSSR count). The molecule has 0 unspecified atom stereocenters. The van der Waals surface area contributed by atoms with Crippen LogP contribution < -0.4 is 16.0 Å². The molecule has 0 aliphatic rings. The lowest BCUT2D eigenvalue weighted by molar-refractivity contribution is 0.0954. The number of nitrogens with one attached hydrogen (secondary N) is 2. The highest BCUT2D eigenvalue weighted by atomic mass is 35.5. The Morgan fingerprint density at radius 3 is 2.35 bits per heavy atom. The Balaban J connectivity index is 1.78. The fraction of sp³-hybridized carbons (Fsp3) is 0.308. The summed E-state index contributed by atoms with van der Waals surface area (Å²) in [5.74, 6) is -2.28. The van der Waals surface area contributed by atoms with Gasteiger partial charge < -0.3 is 25.8 Å². The molecule has 1 heterocycles. The van der Waals surface area contributed by atoms with Crippen LogP contribution in [-0.4, -0.2) is 58.8 Å². The van der Waals surface area contributed by atoms with Crippen molar-refractivity contribution in [2.45, 2.75) is 26.7 Å². The number of H-pyrrole nitrogens is 1. The normalized spacial score (nSPS) is 10.9. The zero-order valence-electron chi connectivity index (χ0n) is 20.8. The number of imidazole rings is 1. The van der Waals surface area contributed by atoms with E-state index in [2.05, 4.69) is 34.0 Å². The van der Waals surface area contributed by atoms with E-state index in [4.69, 9.17) is 17.3 Å². The Labute approximate surface area is 219 Å². The number of primary amides is 1. The molecule has 0 fully saturated rings. The first-order chi connectivity index (χ1) is 17.7. The summed E-state index contributed by atoms with van der Waals surface area (Å²) in [6, 6.07) is 10.2. The average molecular weight is 529 g/mol. The van der Waals surface area contributed by atoms with Crippen molar-refractivity contribution in [1.82, 2.24) is 14.9 Å². The quantitative estimate of drug-likeness (QED) is 0.302. The second kappa shape index (κ2) is 13.0. The number of unbranched alkanes of at least 4 members (excludes halogenated alkanes) is 1. The monoisotopic (exact) mass is 528 g/mol. The number of benzene rings is 2. The van der Waals surface area contributed by atoms with Crippen molar-refractivity contribution >= 4 is 40.7 Å². The molecule has 196 valence electrons. The molecule has 9 nitrogen and oxygen atoms in total. The third-order valence-electron chi connectivity index (χ3n) is 5.95. The van der Waals surface area contributed by atoms with Crippen LogP contribution in [0.2, 0.25) is 5.02 Å². The van der Waals surface area contributed by atoms with E-state index in [1.165, 1.54) is 17.3 Å². The molecule has 0 bridgehead atoms. The SMILES string of the molecule is CCN(CC)CCCCN(C(=O)c1nc[nH]c1C(N)=O)c1ccc(NC(=O)c2ccc(F)cc2Cl)cc1. The van der Waals surface area contributed by atoms with Crippen LogP contribution >= 0.6 is 11.6 Å². The van der Waals surface area contributed by atoms with Gasteiger partial charge in [-0.3, -0.25) is 14.4 Å². The van der Waals surface area contributed by atoms with Crippen LogP contribution in [-0.2, 0) is 0 Å². The first-order valence-electron chi connectivity index (χ1n) is 12.0. The largest absolute Gasteiger partial charge is 0.364 e. The zero-order chi connectivity index (χ0) is 26.9. The van der Waals surface area contributed by atoms with Gasteiger partial charge >= 0.3 is 0 Å². The number of amides is 3. The molecule has 11 heteroatoms. The minimum Gasteiger partial charge on any atom is -0.364 e. The molecule has 0 aliphatic carbocycles. The lowest BCUT2D eigenvalue weighted by atomic mass is 10.1. The van der Waals surface area contributed by atoms with E-state index in [9.17, 15) is 18.8 Å². The van der Waals surface area contributed by atoms with E-state index >= 15 is 0 Å². The van der Waals surface area contributed by atoms with Crippen molar-refractivity contribution in [2.75, 3.05) is 36.4 Å². The highest BCUT2D eigenvalue weighted by Crippen LogP contribution is 2.23. The lowest BCUT2D eigenvalue weighted by Crippen LogP contribution is -2.34. The maximum atomic E-state index is 13.4. The van der Waals surface area contributed by atoms with E-state index in [0.29, 0.717) is 17.9 Å². The number of carbonyl (C=O) groups is 3. The molecular weight excluding hydrogens is 499 g/mol. The molecule has 0 atom stereocenters. The van der Waals surface area contributed by atoms with Gasteiger partial charge in [-0.05, 0) is 74.9 Å². The molecule has 0 radical (unpaired) electrons. The first-order valence-corrected chi connectivity index (χ1v) is 12.4. The van der Waals surface area contributed by atoms with Crippen molar-refractivity contribution < 1.29 is 18.8 Å². The minimum atomic E-state index is -0.778. The second-order valence-corrected chi connectivity index (χ2v) is 8.71. The summed E-state index contributed by atoms with van der Waals surface area (Å²) >= 11 is 5.99. The Morgan fingerprint density at radius 1 is 1.05 bits per heavy atom. The molecule has 0 spiro atoms. The molecule has 0 saturated heterocycles. The fourth-order valence-corrected chi connectivity index (χ4v) is 4.11. The van der Waals surface area contributed by atoms with Crippen LogP contribution in [0.4, 0.5) is 15.8 Å². The number of nitrogens with zero attached hydrogens (tertiary/aromatic N) is 3. The van der Waals surface area contributed by atoms with Crippen molar-refractivity contribution in [2.24, 2.45) is 5.73 Å². The molecule has 0 aliphatic heterocycles. The number of aromatic amines is 1.